The van der Waals surface area contributed by atoms with Crippen molar-refractivity contribution >= 4 is 143 Å². The molecule has 3 aliphatic carbocycles. The van der Waals surface area contributed by atoms with E-state index < -0.39 is 21.6 Å². The van der Waals surface area contributed by atoms with Gasteiger partial charge >= 0.3 is 506 Å². The molecular weight excluding hydrogens is 1250 g/mol. The van der Waals surface area contributed by atoms with Crippen molar-refractivity contribution in [1.82, 2.24) is 0 Å². The Morgan fingerprint density at radius 1 is 0.320 bits per heavy atom. The standard InChI is InChI=1S/C93H85N3O2Si2/c1-99(2,3)65-54-50-63(51-55-65)95(83-48-26-42-75-73-40-24-38-67(89(73)97-91(75)83)60-28-10-7-11-29-60)85-58-79-87(71-36-18-16-34-69(71)85)88-72-37-19-17-35-70(72)86(59-80(88)93(79)77-44-20-22-46-81(77)94(62-32-14-9-15-33-62)82-47-23-21-45-78(82)93)96(64-52-56-66(57-53-64)100(4,5)6)84-49-27-43-76-74-41-25-39-68(90(74)98-92(76)84)61-30-12-8-13-31-61/h9,14-27,32-61,99-100H,7-8,10-13,28-31H2,1-6H3/q-2. The number of rotatable bonds is 11. The van der Waals surface area contributed by atoms with Crippen LogP contribution in [0.25, 0.3) is 76.5 Å². The molecule has 0 radical (unpaired) electrons. The molecule has 2 fully saturated rings. The zero-order valence-corrected chi connectivity index (χ0v) is 60.7. The van der Waals surface area contributed by atoms with Crippen LogP contribution in [-0.4, -0.2) is 16.1 Å². The predicted octanol–water partition coefficient (Wildman–Crippen LogP) is 25.5. The van der Waals surface area contributed by atoms with Gasteiger partial charge in [0.2, 0.25) is 0 Å². The SMILES string of the molecule is C[SiH-](C)(C)c1ccc(N(c2cc3c(c4ccccc24)-c2c(cc(N(c4ccc([SiH-](C)(C)C)cc4)c4cccc5c4oc4c(C6CCCCC6)cccc45)c4ccccc24)C32c3ccccc3N(c3ccccc3)c3ccccc32)c2cccc3c2oc2c(C4CCCCC4)cccc23)cc1. The molecule has 0 saturated heterocycles. The molecule has 5 nitrogen and oxygen atoms in total. The Labute approximate surface area is 589 Å². The molecule has 2 aromatic heterocycles. The summed E-state index contributed by atoms with van der Waals surface area (Å²) in [5, 5.41) is 12.3. The van der Waals surface area contributed by atoms with E-state index in [2.05, 4.69) is 315 Å². The van der Waals surface area contributed by atoms with Crippen LogP contribution in [0.3, 0.4) is 0 Å². The summed E-state index contributed by atoms with van der Waals surface area (Å²) in [7, 11) is -4.12. The molecule has 19 rings (SSSR count). The molecule has 1 spiro atoms. The van der Waals surface area contributed by atoms with Gasteiger partial charge in [0, 0.05) is 5.69 Å². The van der Waals surface area contributed by atoms with Gasteiger partial charge in [0.15, 0.2) is 0 Å². The normalized spacial score (nSPS) is 15.8. The Bertz CT molecular complexity index is 5410. The van der Waals surface area contributed by atoms with Gasteiger partial charge in [-0.05, 0) is 12.1 Å². The van der Waals surface area contributed by atoms with Crippen LogP contribution in [0.2, 0.25) is 39.3 Å². The molecule has 7 heteroatoms. The first kappa shape index (κ1) is 60.9. The zero-order valence-electron chi connectivity index (χ0n) is 58.4. The van der Waals surface area contributed by atoms with E-state index in [4.69, 9.17) is 8.83 Å². The summed E-state index contributed by atoms with van der Waals surface area (Å²) in [5.74, 6) is 0.949. The van der Waals surface area contributed by atoms with Crippen molar-refractivity contribution in [2.45, 2.75) is 121 Å². The van der Waals surface area contributed by atoms with Gasteiger partial charge in [0.1, 0.15) is 0 Å². The van der Waals surface area contributed by atoms with E-state index in [1.807, 2.05) is 0 Å². The van der Waals surface area contributed by atoms with Crippen molar-refractivity contribution in [2.24, 2.45) is 0 Å². The fourth-order valence-corrected chi connectivity index (χ4v) is 21.4. The van der Waals surface area contributed by atoms with Crippen LogP contribution in [0.4, 0.5) is 51.2 Å². The van der Waals surface area contributed by atoms with Crippen LogP contribution in [0, 0.1) is 0 Å². The summed E-state index contributed by atoms with van der Waals surface area (Å²) >= 11 is 0. The summed E-state index contributed by atoms with van der Waals surface area (Å²) in [6, 6.07) is 101. The summed E-state index contributed by atoms with van der Waals surface area (Å²) < 4.78 is 15.2. The molecule has 0 bridgehead atoms. The minimum absolute atomic E-state index is 0.475. The Morgan fingerprint density at radius 2 is 0.680 bits per heavy atom. The van der Waals surface area contributed by atoms with Gasteiger partial charge in [-0.3, -0.25) is 0 Å². The number of furan rings is 2. The van der Waals surface area contributed by atoms with Crippen LogP contribution < -0.4 is 25.1 Å². The zero-order chi connectivity index (χ0) is 67.2. The maximum absolute atomic E-state index is 7.59. The van der Waals surface area contributed by atoms with E-state index in [1.54, 1.807) is 0 Å². The Hall–Kier alpha value is -10.2. The topological polar surface area (TPSA) is 36.0 Å². The molecular formula is C93H85N3O2Si2-2. The number of anilines is 9. The Balaban J connectivity index is 0.941. The van der Waals surface area contributed by atoms with Gasteiger partial charge in [-0.25, -0.2) is 0 Å². The monoisotopic (exact) mass is 1330 g/mol. The molecule has 4 aliphatic rings. The molecule has 100 heavy (non-hydrogen) atoms. The molecule has 494 valence electrons. The number of nitrogens with zero attached hydrogens (tertiary/aromatic N) is 3. The molecule has 1 aliphatic heterocycles. The summed E-state index contributed by atoms with van der Waals surface area (Å²) in [5.41, 5.74) is 23.0. The van der Waals surface area contributed by atoms with Crippen molar-refractivity contribution in [3.63, 3.8) is 0 Å². The second kappa shape index (κ2) is 23.5. The first-order valence-corrected chi connectivity index (χ1v) is 45.4. The van der Waals surface area contributed by atoms with Crippen LogP contribution in [0.15, 0.2) is 270 Å². The second-order valence-corrected chi connectivity index (χ2v) is 43.6. The summed E-state index contributed by atoms with van der Waals surface area (Å²) in [6.45, 7) is 14.9. The predicted molar refractivity (Wildman–Crippen MR) is 431 cm³/mol. The molecule has 0 amide bonds. The van der Waals surface area contributed by atoms with Crippen molar-refractivity contribution < 1.29 is 8.83 Å². The maximum atomic E-state index is 7.59. The fourth-order valence-electron chi connectivity index (χ4n) is 18.7. The Kier molecular flexibility index (Phi) is 14.3. The van der Waals surface area contributed by atoms with Crippen molar-refractivity contribution in [3.8, 4) is 11.1 Å². The molecule has 3 heterocycles. The van der Waals surface area contributed by atoms with Gasteiger partial charge < -0.3 is 0 Å². The number of hydrogen-bond acceptors (Lipinski definition) is 5. The third kappa shape index (κ3) is 9.37. The van der Waals surface area contributed by atoms with Crippen molar-refractivity contribution in [2.75, 3.05) is 14.7 Å². The third-order valence-corrected chi connectivity index (χ3v) is 28.4. The number of fused-ring (bicyclic) bond motifs is 19. The number of para-hydroxylation sites is 7. The van der Waals surface area contributed by atoms with Gasteiger partial charge in [-0.2, -0.15) is 0 Å². The molecule has 0 unspecified atom stereocenters. The van der Waals surface area contributed by atoms with Gasteiger partial charge in [-0.1, -0.05) is 68.9 Å². The van der Waals surface area contributed by atoms with Crippen LogP contribution in [-0.2, 0) is 5.41 Å². The van der Waals surface area contributed by atoms with E-state index in [0.29, 0.717) is 11.8 Å². The van der Waals surface area contributed by atoms with Crippen molar-refractivity contribution in [3.05, 3.63) is 294 Å². The Morgan fingerprint density at radius 3 is 1.10 bits per heavy atom. The van der Waals surface area contributed by atoms with Gasteiger partial charge in [0.25, 0.3) is 0 Å². The van der Waals surface area contributed by atoms with Gasteiger partial charge in [-0.15, -0.1) is 0 Å². The molecule has 13 aromatic carbocycles. The van der Waals surface area contributed by atoms with E-state index in [0.717, 1.165) is 84.3 Å². The van der Waals surface area contributed by atoms with E-state index in [-0.39, 0.29) is 0 Å². The molecule has 0 N–H and O–H groups in total. The average molecular weight is 1330 g/mol. The third-order valence-electron chi connectivity index (χ3n) is 23.6. The van der Waals surface area contributed by atoms with Gasteiger partial charge in [0.05, 0.1) is 0 Å². The molecule has 2 saturated carbocycles. The molecule has 15 aromatic rings. The van der Waals surface area contributed by atoms with E-state index in [1.165, 1.54) is 151 Å². The summed E-state index contributed by atoms with van der Waals surface area (Å²) in [4.78, 5) is 7.66. The van der Waals surface area contributed by atoms with Crippen LogP contribution >= 0.6 is 0 Å². The number of benzene rings is 13. The summed E-state index contributed by atoms with van der Waals surface area (Å²) in [6.07, 6.45) is 12.4. The first-order valence-electron chi connectivity index (χ1n) is 37.3. The average Bonchev–Trinajstić information content (AvgIpc) is 1.48. The minimum atomic E-state index is -2.06. The quantitative estimate of drug-likeness (QED) is 0.121. The first-order chi connectivity index (χ1) is 48.9. The van der Waals surface area contributed by atoms with Crippen molar-refractivity contribution in [1.29, 1.82) is 0 Å². The van der Waals surface area contributed by atoms with Crippen LogP contribution in [0.1, 0.15) is 109 Å². The number of hydrogen-bond donors (Lipinski definition) is 0. The second-order valence-electron chi connectivity index (χ2n) is 31.9. The van der Waals surface area contributed by atoms with E-state index >= 15 is 0 Å². The van der Waals surface area contributed by atoms with Crippen LogP contribution in [0.5, 0.6) is 0 Å². The fraction of sp³-hybridized carbons (Fsp3) is 0.204. The van der Waals surface area contributed by atoms with E-state index in [9.17, 15) is 0 Å². The molecule has 0 atom stereocenters.